The van der Waals surface area contributed by atoms with Crippen LogP contribution in [0.1, 0.15) is 28.3 Å². The zero-order valence-electron chi connectivity index (χ0n) is 23.2. The Hall–Kier alpha value is -3.45. The van der Waals surface area contributed by atoms with Gasteiger partial charge in [0.25, 0.3) is 5.69 Å². The maximum Gasteiger partial charge on any atom is 0.305 e. The van der Waals surface area contributed by atoms with Crippen LogP contribution in [0.4, 0.5) is 11.4 Å². The molecule has 2 aliphatic carbocycles. The number of ether oxygens (including phenoxy) is 1. The first kappa shape index (κ1) is 29.0. The highest BCUT2D eigenvalue weighted by Crippen LogP contribution is 2.69. The molecule has 1 aromatic heterocycles. The lowest BCUT2D eigenvalue weighted by Gasteiger charge is -2.43. The van der Waals surface area contributed by atoms with Gasteiger partial charge in [0.1, 0.15) is 12.4 Å². The minimum absolute atomic E-state index is 0.0657. The van der Waals surface area contributed by atoms with E-state index in [0.717, 1.165) is 31.3 Å². The van der Waals surface area contributed by atoms with E-state index in [9.17, 15) is 24.5 Å². The molecular formula is C32H23BrClN3O6S2. The predicted octanol–water partition coefficient (Wildman–Crippen LogP) is 7.02. The number of benzene rings is 3. The molecule has 228 valence electrons. The molecule has 0 radical (unpaired) electrons. The van der Waals surface area contributed by atoms with E-state index in [1.165, 1.54) is 11.0 Å². The van der Waals surface area contributed by atoms with Crippen LogP contribution >= 0.6 is 50.6 Å². The van der Waals surface area contributed by atoms with Crippen molar-refractivity contribution in [1.82, 2.24) is 4.98 Å². The Labute approximate surface area is 278 Å². The Morgan fingerprint density at radius 1 is 1.00 bits per heavy atom. The van der Waals surface area contributed by atoms with Crippen molar-refractivity contribution in [2.24, 2.45) is 29.6 Å². The van der Waals surface area contributed by atoms with Crippen molar-refractivity contribution in [3.8, 4) is 5.75 Å². The van der Waals surface area contributed by atoms with E-state index >= 15 is 0 Å². The number of amides is 2. The number of fused-ring (bicyclic) bond motifs is 9. The fourth-order valence-corrected chi connectivity index (χ4v) is 11.2. The molecule has 0 unspecified atom stereocenters. The first-order valence-corrected chi connectivity index (χ1v) is 17.2. The van der Waals surface area contributed by atoms with Crippen molar-refractivity contribution < 1.29 is 19.2 Å². The molecule has 1 N–H and O–H groups in total. The number of thiazole rings is 1. The van der Waals surface area contributed by atoms with Crippen LogP contribution in [0.5, 0.6) is 5.75 Å². The summed E-state index contributed by atoms with van der Waals surface area (Å²) in [5.41, 5.74) is 1.95. The molecule has 2 aliphatic heterocycles. The van der Waals surface area contributed by atoms with E-state index in [4.69, 9.17) is 16.3 Å². The lowest BCUT2D eigenvalue weighted by atomic mass is 9.68. The van der Waals surface area contributed by atoms with Crippen LogP contribution in [0.25, 0.3) is 0 Å². The predicted molar refractivity (Wildman–Crippen MR) is 174 cm³/mol. The van der Waals surface area contributed by atoms with Gasteiger partial charge in [-0.2, -0.15) is 0 Å². The Morgan fingerprint density at radius 3 is 2.42 bits per heavy atom. The second-order valence-electron chi connectivity index (χ2n) is 11.8. The SMILES string of the molecule is O=C1[C@H]2[C@H]3C[C@@H]([C@@H]2C(=O)N1c1ccc(Br)cc1)[C@H]1[C@H](c2cc([N+](=O)[O-])ccc2OCc2ccc(Cl)cc2)c2sc(=O)[nH]c2S[C@H]31. The van der Waals surface area contributed by atoms with Crippen molar-refractivity contribution >= 4 is 73.8 Å². The number of carbonyl (C=O) groups excluding carboxylic acids is 2. The Balaban J connectivity index is 1.22. The van der Waals surface area contributed by atoms with E-state index < -0.39 is 22.7 Å². The summed E-state index contributed by atoms with van der Waals surface area (Å²) in [5.74, 6) is -1.64. The van der Waals surface area contributed by atoms with Crippen molar-refractivity contribution in [2.45, 2.75) is 29.2 Å². The first-order valence-electron chi connectivity index (χ1n) is 14.4. The molecule has 13 heteroatoms. The quantitative estimate of drug-likeness (QED) is 0.129. The van der Waals surface area contributed by atoms with Gasteiger partial charge in [-0.15, -0.1) is 11.8 Å². The Kier molecular flexibility index (Phi) is 6.97. The van der Waals surface area contributed by atoms with Crippen LogP contribution in [0.3, 0.4) is 0 Å². The van der Waals surface area contributed by atoms with E-state index in [2.05, 4.69) is 20.9 Å². The molecule has 2 saturated carbocycles. The van der Waals surface area contributed by atoms with Gasteiger partial charge < -0.3 is 9.72 Å². The van der Waals surface area contributed by atoms with E-state index in [-0.39, 0.29) is 52.0 Å². The number of nitrogens with zero attached hydrogens (tertiary/aromatic N) is 2. The monoisotopic (exact) mass is 723 g/mol. The number of nitro groups is 1. The molecule has 9 nitrogen and oxygen atoms in total. The summed E-state index contributed by atoms with van der Waals surface area (Å²) in [6, 6.07) is 19.0. The fraction of sp³-hybridized carbons (Fsp3) is 0.281. The third-order valence-electron chi connectivity index (χ3n) is 9.66. The zero-order chi connectivity index (χ0) is 31.1. The zero-order valence-corrected chi connectivity index (χ0v) is 27.2. The van der Waals surface area contributed by atoms with Gasteiger partial charge in [-0.25, -0.2) is 0 Å². The van der Waals surface area contributed by atoms with Crippen molar-refractivity contribution in [3.05, 3.63) is 112 Å². The second kappa shape index (κ2) is 10.8. The normalized spacial score (nSPS) is 27.8. The minimum atomic E-state index is -0.496. The fourth-order valence-electron chi connectivity index (χ4n) is 7.98. The largest absolute Gasteiger partial charge is 0.489 e. The number of aromatic nitrogens is 1. The summed E-state index contributed by atoms with van der Waals surface area (Å²) in [6.45, 7) is 0.208. The average molecular weight is 725 g/mol. The van der Waals surface area contributed by atoms with Crippen molar-refractivity contribution in [1.29, 1.82) is 0 Å². The summed E-state index contributed by atoms with van der Waals surface area (Å²) < 4.78 is 7.17. The van der Waals surface area contributed by atoms with Gasteiger partial charge in [0.15, 0.2) is 0 Å². The first-order chi connectivity index (χ1) is 21.7. The van der Waals surface area contributed by atoms with Crippen LogP contribution in [0, 0.1) is 39.7 Å². The highest BCUT2D eigenvalue weighted by Gasteiger charge is 2.70. The smallest absolute Gasteiger partial charge is 0.305 e. The molecule has 2 amide bonds. The number of non-ortho nitro benzene ring substituents is 1. The summed E-state index contributed by atoms with van der Waals surface area (Å²) >= 11 is 12.1. The number of thioether (sulfide) groups is 1. The van der Waals surface area contributed by atoms with Gasteiger partial charge in [0, 0.05) is 43.2 Å². The van der Waals surface area contributed by atoms with Crippen LogP contribution in [-0.4, -0.2) is 27.0 Å². The number of nitrogens with one attached hydrogen (secondary N) is 1. The Bertz CT molecular complexity index is 1950. The van der Waals surface area contributed by atoms with Gasteiger partial charge in [-0.3, -0.25) is 29.4 Å². The number of nitro benzene ring substituents is 1. The van der Waals surface area contributed by atoms with Crippen LogP contribution < -0.4 is 14.5 Å². The summed E-state index contributed by atoms with van der Waals surface area (Å²) in [7, 11) is 0. The standard InChI is InChI=1S/C32H23BrClN3O6S2/c33-15-3-7-17(8-4-15)36-30(38)25-20-12-21(26(25)31(36)39)27-24(20)23(28-29(44-27)35-32(40)45-28)19-11-18(37(41)42)9-10-22(19)43-13-14-1-5-16(34)6-2-14/h1-11,20-21,23-27H,12-13H2,(H,35,40)/t20-,21-,23+,24+,25+,26+,27-/m1/s1. The number of imide groups is 1. The minimum Gasteiger partial charge on any atom is -0.489 e. The van der Waals surface area contributed by atoms with Gasteiger partial charge in [0.05, 0.1) is 27.5 Å². The topological polar surface area (TPSA) is 123 Å². The van der Waals surface area contributed by atoms with Gasteiger partial charge in [-0.1, -0.05) is 51.0 Å². The molecule has 4 aliphatic rings. The van der Waals surface area contributed by atoms with E-state index in [1.807, 2.05) is 24.3 Å². The maximum absolute atomic E-state index is 14.0. The van der Waals surface area contributed by atoms with E-state index in [1.54, 1.807) is 48.2 Å². The molecule has 3 heterocycles. The number of aromatic amines is 1. The lowest BCUT2D eigenvalue weighted by molar-refractivity contribution is -0.385. The second-order valence-corrected chi connectivity index (χ2v) is 15.4. The number of halogens is 2. The van der Waals surface area contributed by atoms with Gasteiger partial charge >= 0.3 is 4.87 Å². The van der Waals surface area contributed by atoms with Crippen LogP contribution in [-0.2, 0) is 16.2 Å². The number of carbonyl (C=O) groups is 2. The molecular weight excluding hydrogens is 702 g/mol. The number of rotatable bonds is 6. The third-order valence-corrected chi connectivity index (χ3v) is 13.0. The third kappa shape index (κ3) is 4.59. The summed E-state index contributed by atoms with van der Waals surface area (Å²) in [4.78, 5) is 57.1. The van der Waals surface area contributed by atoms with Gasteiger partial charge in [0.2, 0.25) is 11.8 Å². The summed E-state index contributed by atoms with van der Waals surface area (Å²) in [6.07, 6.45) is 0.703. The number of H-pyrrole nitrogens is 1. The lowest BCUT2D eigenvalue weighted by Crippen LogP contribution is -2.42. The van der Waals surface area contributed by atoms with Crippen LogP contribution in [0.2, 0.25) is 5.02 Å². The summed E-state index contributed by atoms with van der Waals surface area (Å²) in [5, 5.41) is 13.2. The molecule has 0 spiro atoms. The molecule has 8 rings (SSSR count). The molecule has 45 heavy (non-hydrogen) atoms. The molecule has 1 saturated heterocycles. The molecule has 3 fully saturated rings. The van der Waals surface area contributed by atoms with Gasteiger partial charge in [-0.05, 0) is 72.2 Å². The molecule has 4 aromatic rings. The van der Waals surface area contributed by atoms with Crippen LogP contribution in [0.15, 0.2) is 81.0 Å². The highest BCUT2D eigenvalue weighted by molar-refractivity contribution is 9.10. The maximum atomic E-state index is 14.0. The molecule has 3 aromatic carbocycles. The van der Waals surface area contributed by atoms with E-state index in [0.29, 0.717) is 28.4 Å². The highest BCUT2D eigenvalue weighted by atomic mass is 79.9. The number of hydrogen-bond acceptors (Lipinski definition) is 8. The average Bonchev–Trinajstić information content (AvgIpc) is 3.76. The molecule has 7 atom stereocenters. The van der Waals surface area contributed by atoms with Crippen molar-refractivity contribution in [3.63, 3.8) is 0 Å². The number of hydrogen-bond donors (Lipinski definition) is 1. The van der Waals surface area contributed by atoms with Crippen molar-refractivity contribution in [2.75, 3.05) is 4.90 Å². The Morgan fingerprint density at radius 2 is 1.71 bits per heavy atom. The number of anilines is 1. The molecule has 2 bridgehead atoms.